The molecular weight excluding hydrogens is 614 g/mol. The summed E-state index contributed by atoms with van der Waals surface area (Å²) in [5.74, 6) is -2.50. The molecule has 0 aromatic heterocycles. The van der Waals surface area contributed by atoms with Crippen molar-refractivity contribution < 1.29 is 28.3 Å². The van der Waals surface area contributed by atoms with Crippen LogP contribution in [0.1, 0.15) is 62.3 Å². The first-order valence-electron chi connectivity index (χ1n) is 16.8. The highest BCUT2D eigenvalue weighted by atomic mass is 19.1. The van der Waals surface area contributed by atoms with Crippen LogP contribution >= 0.6 is 0 Å². The van der Waals surface area contributed by atoms with Gasteiger partial charge in [-0.15, -0.1) is 0 Å². The van der Waals surface area contributed by atoms with Crippen molar-refractivity contribution in [2.45, 2.75) is 95.6 Å². The third-order valence-corrected chi connectivity index (χ3v) is 9.49. The number of benzene rings is 3. The summed E-state index contributed by atoms with van der Waals surface area (Å²) in [5.41, 5.74) is 2.35. The number of rotatable bonds is 13. The predicted molar refractivity (Wildman–Crippen MR) is 180 cm³/mol. The number of aliphatic hydroxyl groups is 1. The molecule has 5 atom stereocenters. The zero-order chi connectivity index (χ0) is 34.4. The maximum atomic E-state index is 14.4. The summed E-state index contributed by atoms with van der Waals surface area (Å²) in [5, 5.41) is 21.1. The Kier molecular flexibility index (Phi) is 11.3. The average molecular weight is 661 g/mol. The molecule has 10 heteroatoms. The van der Waals surface area contributed by atoms with Gasteiger partial charge in [0, 0.05) is 32.1 Å². The van der Waals surface area contributed by atoms with E-state index >= 15 is 0 Å². The van der Waals surface area contributed by atoms with Crippen molar-refractivity contribution in [1.82, 2.24) is 20.9 Å². The largest absolute Gasteiger partial charge is 0.389 e. The molecule has 2 aliphatic heterocycles. The summed E-state index contributed by atoms with van der Waals surface area (Å²) < 4.78 is 28.6. The molecule has 1 fully saturated rings. The maximum absolute atomic E-state index is 14.4. The fraction of sp³-hybridized carbons (Fsp3) is 0.447. The molecule has 3 unspecified atom stereocenters. The minimum absolute atomic E-state index is 0.0378. The van der Waals surface area contributed by atoms with Crippen molar-refractivity contribution in [1.29, 1.82) is 0 Å². The topological polar surface area (TPSA) is 111 Å². The van der Waals surface area contributed by atoms with Crippen LogP contribution in [-0.4, -0.2) is 64.0 Å². The van der Waals surface area contributed by atoms with E-state index in [-0.39, 0.29) is 36.3 Å². The normalized spacial score (nSPS) is 21.0. The summed E-state index contributed by atoms with van der Waals surface area (Å²) in [7, 11) is 0. The highest BCUT2D eigenvalue weighted by molar-refractivity contribution is 5.96. The number of carbonyl (C=O) groups excluding carboxylic acids is 3. The lowest BCUT2D eigenvalue weighted by molar-refractivity contribution is -0.143. The summed E-state index contributed by atoms with van der Waals surface area (Å²) in [4.78, 5) is 42.4. The van der Waals surface area contributed by atoms with Gasteiger partial charge in [0.15, 0.2) is 0 Å². The Hall–Kier alpha value is -4.15. The van der Waals surface area contributed by atoms with Crippen LogP contribution in [0.15, 0.2) is 72.8 Å². The first-order valence-corrected chi connectivity index (χ1v) is 16.8. The molecule has 1 saturated heterocycles. The molecule has 0 bridgehead atoms. The molecule has 0 spiro atoms. The van der Waals surface area contributed by atoms with E-state index in [0.717, 1.165) is 22.8 Å². The molecule has 0 radical (unpaired) electrons. The van der Waals surface area contributed by atoms with Gasteiger partial charge in [0.1, 0.15) is 23.2 Å². The number of fused-ring (bicyclic) bond motifs is 1. The van der Waals surface area contributed by atoms with Gasteiger partial charge in [0.05, 0.1) is 12.1 Å². The van der Waals surface area contributed by atoms with Crippen molar-refractivity contribution in [3.8, 4) is 0 Å². The van der Waals surface area contributed by atoms with Crippen LogP contribution in [0.4, 0.5) is 8.78 Å². The van der Waals surface area contributed by atoms with E-state index in [9.17, 15) is 28.3 Å². The first-order chi connectivity index (χ1) is 22.9. The Morgan fingerprint density at radius 1 is 1.00 bits per heavy atom. The molecule has 3 amide bonds. The smallest absolute Gasteiger partial charge is 0.249 e. The molecule has 3 aromatic carbocycles. The van der Waals surface area contributed by atoms with Crippen molar-refractivity contribution in [3.05, 3.63) is 107 Å². The Morgan fingerprint density at radius 2 is 1.67 bits per heavy atom. The lowest BCUT2D eigenvalue weighted by atomic mass is 9.87. The highest BCUT2D eigenvalue weighted by Gasteiger charge is 2.50. The minimum atomic E-state index is -1.13. The van der Waals surface area contributed by atoms with Gasteiger partial charge in [-0.3, -0.25) is 14.4 Å². The van der Waals surface area contributed by atoms with Gasteiger partial charge in [-0.25, -0.2) is 8.78 Å². The zero-order valence-corrected chi connectivity index (χ0v) is 27.8. The number of halogens is 2. The second-order valence-corrected chi connectivity index (χ2v) is 13.7. The first kappa shape index (κ1) is 35.2. The van der Waals surface area contributed by atoms with E-state index in [0.29, 0.717) is 38.6 Å². The van der Waals surface area contributed by atoms with Gasteiger partial charge < -0.3 is 26.0 Å². The van der Waals surface area contributed by atoms with Gasteiger partial charge in [0.2, 0.25) is 17.7 Å². The molecule has 256 valence electrons. The maximum Gasteiger partial charge on any atom is 0.249 e. The average Bonchev–Trinajstić information content (AvgIpc) is 3.33. The van der Waals surface area contributed by atoms with Crippen molar-refractivity contribution >= 4 is 17.7 Å². The monoisotopic (exact) mass is 660 g/mol. The second kappa shape index (κ2) is 15.4. The quantitative estimate of drug-likeness (QED) is 0.220. The van der Waals surface area contributed by atoms with Gasteiger partial charge in [-0.1, -0.05) is 68.4 Å². The number of nitrogens with zero attached hydrogens (tertiary/aromatic N) is 1. The molecule has 0 saturated carbocycles. The third kappa shape index (κ3) is 8.46. The van der Waals surface area contributed by atoms with Crippen LogP contribution in [0.3, 0.4) is 0 Å². The van der Waals surface area contributed by atoms with Gasteiger partial charge in [0.25, 0.3) is 0 Å². The number of aliphatic hydroxyl groups excluding tert-OH is 1. The Bertz CT molecular complexity index is 1580. The van der Waals surface area contributed by atoms with Gasteiger partial charge in [-0.05, 0) is 78.8 Å². The van der Waals surface area contributed by atoms with Crippen LogP contribution < -0.4 is 16.0 Å². The molecule has 5 rings (SSSR count). The summed E-state index contributed by atoms with van der Waals surface area (Å²) in [6.45, 7) is 6.14. The second-order valence-electron chi connectivity index (χ2n) is 13.7. The molecule has 48 heavy (non-hydrogen) atoms. The Balaban J connectivity index is 1.44. The summed E-state index contributed by atoms with van der Waals surface area (Å²) in [6, 6.07) is 18.4. The van der Waals surface area contributed by atoms with Crippen LogP contribution in [0.2, 0.25) is 0 Å². The van der Waals surface area contributed by atoms with E-state index in [1.165, 1.54) is 19.1 Å². The number of nitrogens with one attached hydrogen (secondary N) is 3. The van der Waals surface area contributed by atoms with Crippen molar-refractivity contribution in [2.75, 3.05) is 6.54 Å². The van der Waals surface area contributed by atoms with E-state index in [1.54, 1.807) is 4.90 Å². The van der Waals surface area contributed by atoms with Gasteiger partial charge in [-0.2, -0.15) is 0 Å². The fourth-order valence-electron chi connectivity index (χ4n) is 7.38. The van der Waals surface area contributed by atoms with E-state index < -0.39 is 47.3 Å². The zero-order valence-electron chi connectivity index (χ0n) is 27.8. The number of hydrogen-bond acceptors (Lipinski definition) is 5. The fourth-order valence-corrected chi connectivity index (χ4v) is 7.38. The number of aryl methyl sites for hydroxylation is 1. The van der Waals surface area contributed by atoms with Crippen molar-refractivity contribution in [3.63, 3.8) is 0 Å². The van der Waals surface area contributed by atoms with E-state index in [2.05, 4.69) is 16.0 Å². The molecule has 3 aromatic rings. The van der Waals surface area contributed by atoms with Crippen LogP contribution in [0.25, 0.3) is 0 Å². The molecule has 2 heterocycles. The van der Waals surface area contributed by atoms with Crippen molar-refractivity contribution in [2.24, 2.45) is 5.92 Å². The SMILES string of the molecule is CC(=O)NC1(CC(C)C)CCN(C(CCc2ccccc2)C(=O)N[C@@H](Cc2cc(F)cc(F)c2)[C@H](O)C2Cc3ccccc3CN2)C1=O. The van der Waals surface area contributed by atoms with Crippen LogP contribution in [-0.2, 0) is 40.2 Å². The number of amides is 3. The molecule has 8 nitrogen and oxygen atoms in total. The molecule has 0 aliphatic carbocycles. The van der Waals surface area contributed by atoms with Crippen LogP contribution in [0, 0.1) is 17.6 Å². The van der Waals surface area contributed by atoms with Crippen LogP contribution in [0.5, 0.6) is 0 Å². The lowest BCUT2D eigenvalue weighted by Crippen LogP contribution is -2.60. The Morgan fingerprint density at radius 3 is 2.33 bits per heavy atom. The lowest BCUT2D eigenvalue weighted by Gasteiger charge is -2.37. The number of carbonyl (C=O) groups is 3. The molecule has 4 N–H and O–H groups in total. The van der Waals surface area contributed by atoms with E-state index in [1.807, 2.05) is 68.4 Å². The number of hydrogen-bond donors (Lipinski definition) is 4. The molecule has 2 aliphatic rings. The van der Waals surface area contributed by atoms with E-state index in [4.69, 9.17) is 0 Å². The summed E-state index contributed by atoms with van der Waals surface area (Å²) in [6.07, 6.45) is 0.920. The predicted octanol–water partition coefficient (Wildman–Crippen LogP) is 4.22. The van der Waals surface area contributed by atoms with Gasteiger partial charge >= 0.3 is 0 Å². The molecular formula is C38H46F2N4O4. The number of likely N-dealkylation sites (tertiary alicyclic amines) is 1. The Labute approximate surface area is 281 Å². The minimum Gasteiger partial charge on any atom is -0.389 e. The third-order valence-electron chi connectivity index (χ3n) is 9.49. The summed E-state index contributed by atoms with van der Waals surface area (Å²) >= 11 is 0. The standard InChI is InChI=1S/C38H46F2N4O4/c1-24(2)22-38(43-25(3)45)15-16-44(37(38)48)34(14-13-26-9-5-4-6-10-26)36(47)42-33(19-27-17-30(39)21-31(40)18-27)35(46)32-20-28-11-7-8-12-29(28)23-41-32/h4-12,17-18,21,24,32-35,41,46H,13-16,19-20,22-23H2,1-3H3,(H,42,47)(H,43,45)/t32?,33-,34?,35+,38?/m0/s1. The highest BCUT2D eigenvalue weighted by Crippen LogP contribution is 2.32.